The van der Waals surface area contributed by atoms with Crippen LogP contribution in [0.15, 0.2) is 68.8 Å². The number of halogens is 3. The molecule has 0 aliphatic heterocycles. The number of carbonyl (C=O) groups is 2. The summed E-state index contributed by atoms with van der Waals surface area (Å²) >= 11 is 15.7. The first-order valence-corrected chi connectivity index (χ1v) is 10.5. The number of amides is 2. The molecule has 10 heteroatoms. The molecule has 2 amide bonds. The minimum atomic E-state index is -0.914. The highest BCUT2D eigenvalue weighted by molar-refractivity contribution is 9.10. The molecule has 0 aliphatic rings. The molecule has 2 aromatic carbocycles. The van der Waals surface area contributed by atoms with E-state index >= 15 is 0 Å². The van der Waals surface area contributed by atoms with E-state index in [0.717, 1.165) is 4.47 Å². The third-order valence-corrected chi connectivity index (χ3v) is 5.19. The second-order valence-corrected chi connectivity index (χ2v) is 7.86. The van der Waals surface area contributed by atoms with Crippen molar-refractivity contribution < 1.29 is 18.7 Å². The van der Waals surface area contributed by atoms with Crippen molar-refractivity contribution in [2.75, 3.05) is 0 Å². The van der Waals surface area contributed by atoms with Gasteiger partial charge >= 0.3 is 11.8 Å². The number of furan rings is 1. The second kappa shape index (κ2) is 11.0. The number of hydrazone groups is 1. The van der Waals surface area contributed by atoms with Crippen LogP contribution in [-0.2, 0) is 22.7 Å². The first-order chi connectivity index (χ1) is 14.9. The Hall–Kier alpha value is -2.81. The molecular weight excluding hydrogens is 509 g/mol. The van der Waals surface area contributed by atoms with Crippen molar-refractivity contribution >= 4 is 57.2 Å². The number of rotatable bonds is 7. The maximum atomic E-state index is 11.9. The lowest BCUT2D eigenvalue weighted by Crippen LogP contribution is -2.37. The van der Waals surface area contributed by atoms with Crippen LogP contribution in [0.3, 0.4) is 0 Å². The molecule has 2 N–H and O–H groups in total. The maximum absolute atomic E-state index is 11.9. The Balaban J connectivity index is 1.61. The molecule has 1 aromatic heterocycles. The molecule has 0 unspecified atom stereocenters. The van der Waals surface area contributed by atoms with E-state index in [0.29, 0.717) is 32.7 Å². The largest absolute Gasteiger partial charge is 0.488 e. The molecule has 0 saturated carbocycles. The van der Waals surface area contributed by atoms with Gasteiger partial charge in [0.25, 0.3) is 0 Å². The summed E-state index contributed by atoms with van der Waals surface area (Å²) in [6.45, 7) is 0.236. The van der Waals surface area contributed by atoms with E-state index in [-0.39, 0.29) is 13.2 Å². The van der Waals surface area contributed by atoms with Gasteiger partial charge in [0, 0.05) is 25.6 Å². The van der Waals surface area contributed by atoms with Crippen LogP contribution in [0.2, 0.25) is 10.0 Å². The lowest BCUT2D eigenvalue weighted by molar-refractivity contribution is -0.139. The number of nitrogens with zero attached hydrogens (tertiary/aromatic N) is 1. The zero-order chi connectivity index (χ0) is 22.2. The van der Waals surface area contributed by atoms with Crippen molar-refractivity contribution in [2.45, 2.75) is 13.2 Å². The van der Waals surface area contributed by atoms with Crippen LogP contribution in [0.25, 0.3) is 0 Å². The lowest BCUT2D eigenvalue weighted by atomic mass is 10.2. The highest BCUT2D eigenvalue weighted by atomic mass is 79.9. The fraction of sp³-hybridized carbons (Fsp3) is 0.0952. The average molecular weight is 525 g/mol. The molecule has 0 spiro atoms. The number of carbonyl (C=O) groups excluding carboxylic acids is 2. The Morgan fingerprint density at radius 1 is 1.10 bits per heavy atom. The Bertz CT molecular complexity index is 1080. The van der Waals surface area contributed by atoms with E-state index < -0.39 is 11.8 Å². The molecule has 160 valence electrons. The van der Waals surface area contributed by atoms with Crippen LogP contribution < -0.4 is 15.5 Å². The van der Waals surface area contributed by atoms with Crippen molar-refractivity contribution in [3.63, 3.8) is 0 Å². The summed E-state index contributed by atoms with van der Waals surface area (Å²) in [5.41, 5.74) is 3.39. The molecular formula is C21H16BrCl2N3O4. The summed E-state index contributed by atoms with van der Waals surface area (Å²) in [6, 6.07) is 13.8. The molecule has 0 atom stereocenters. The predicted octanol–water partition coefficient (Wildman–Crippen LogP) is 4.69. The Kier molecular flexibility index (Phi) is 8.11. The van der Waals surface area contributed by atoms with Gasteiger partial charge in [-0.3, -0.25) is 9.59 Å². The summed E-state index contributed by atoms with van der Waals surface area (Å²) in [5, 5.41) is 7.25. The second-order valence-electron chi connectivity index (χ2n) is 6.13. The minimum absolute atomic E-state index is 0.0944. The number of hydrogen-bond donors (Lipinski definition) is 2. The Labute approximate surface area is 196 Å². The van der Waals surface area contributed by atoms with E-state index in [9.17, 15) is 9.59 Å². The topological polar surface area (TPSA) is 92.9 Å². The predicted molar refractivity (Wildman–Crippen MR) is 121 cm³/mol. The van der Waals surface area contributed by atoms with Crippen molar-refractivity contribution in [3.8, 4) is 5.75 Å². The Morgan fingerprint density at radius 2 is 1.87 bits per heavy atom. The van der Waals surface area contributed by atoms with Gasteiger partial charge in [0.1, 0.15) is 18.1 Å². The molecule has 3 rings (SSSR count). The molecule has 0 fully saturated rings. The van der Waals surface area contributed by atoms with Crippen LogP contribution in [0.4, 0.5) is 0 Å². The highest BCUT2D eigenvalue weighted by Crippen LogP contribution is 2.28. The van der Waals surface area contributed by atoms with Crippen LogP contribution >= 0.6 is 39.1 Å². The van der Waals surface area contributed by atoms with E-state index in [1.807, 2.05) is 0 Å². The van der Waals surface area contributed by atoms with E-state index in [1.165, 1.54) is 12.5 Å². The lowest BCUT2D eigenvalue weighted by Gasteiger charge is -2.12. The van der Waals surface area contributed by atoms with Gasteiger partial charge in [-0.05, 0) is 42.5 Å². The van der Waals surface area contributed by atoms with Crippen molar-refractivity contribution in [2.24, 2.45) is 5.10 Å². The van der Waals surface area contributed by atoms with Crippen LogP contribution in [0, 0.1) is 0 Å². The average Bonchev–Trinajstić information content (AvgIpc) is 3.26. The quantitative estimate of drug-likeness (QED) is 0.266. The van der Waals surface area contributed by atoms with Crippen molar-refractivity contribution in [1.29, 1.82) is 0 Å². The molecule has 0 saturated heterocycles. The summed E-state index contributed by atoms with van der Waals surface area (Å²) in [4.78, 5) is 23.7. The third-order valence-electron chi connectivity index (χ3n) is 3.98. The van der Waals surface area contributed by atoms with Gasteiger partial charge in [-0.1, -0.05) is 45.2 Å². The molecule has 31 heavy (non-hydrogen) atoms. The first kappa shape index (κ1) is 22.9. The summed E-state index contributed by atoms with van der Waals surface area (Å²) in [6.07, 6.45) is 2.84. The third kappa shape index (κ3) is 6.58. The fourth-order valence-electron chi connectivity index (χ4n) is 2.44. The Morgan fingerprint density at radius 3 is 2.58 bits per heavy atom. The van der Waals surface area contributed by atoms with Gasteiger partial charge in [-0.2, -0.15) is 5.10 Å². The first-order valence-electron chi connectivity index (χ1n) is 8.93. The monoisotopic (exact) mass is 523 g/mol. The molecule has 0 bridgehead atoms. The van der Waals surface area contributed by atoms with E-state index in [4.69, 9.17) is 32.4 Å². The molecule has 0 aliphatic carbocycles. The highest BCUT2D eigenvalue weighted by Gasteiger charge is 2.13. The number of benzene rings is 2. The molecule has 7 nitrogen and oxygen atoms in total. The van der Waals surface area contributed by atoms with Crippen LogP contribution in [-0.4, -0.2) is 18.0 Å². The number of hydrogen-bond acceptors (Lipinski definition) is 5. The van der Waals surface area contributed by atoms with Gasteiger partial charge < -0.3 is 14.5 Å². The maximum Gasteiger partial charge on any atom is 0.329 e. The zero-order valence-electron chi connectivity index (χ0n) is 15.9. The summed E-state index contributed by atoms with van der Waals surface area (Å²) < 4.78 is 11.7. The fourth-order valence-corrected chi connectivity index (χ4v) is 3.33. The summed E-state index contributed by atoms with van der Waals surface area (Å²) in [5.74, 6) is -0.741. The van der Waals surface area contributed by atoms with E-state index in [1.54, 1.807) is 48.5 Å². The molecule has 1 heterocycles. The van der Waals surface area contributed by atoms with Crippen LogP contribution in [0.5, 0.6) is 5.75 Å². The number of ether oxygens (including phenoxy) is 1. The smallest absolute Gasteiger partial charge is 0.329 e. The molecule has 3 aromatic rings. The normalized spacial score (nSPS) is 10.8. The van der Waals surface area contributed by atoms with E-state index in [2.05, 4.69) is 31.8 Å². The van der Waals surface area contributed by atoms with Crippen molar-refractivity contribution in [3.05, 3.63) is 86.2 Å². The SMILES string of the molecule is O=C(NCc1ccco1)C(=O)N/N=C\c1cc(Br)ccc1OCc1c(Cl)cccc1Cl. The summed E-state index contributed by atoms with van der Waals surface area (Å²) in [7, 11) is 0. The van der Waals surface area contributed by atoms with Crippen molar-refractivity contribution in [1.82, 2.24) is 10.7 Å². The molecule has 0 radical (unpaired) electrons. The standard InChI is InChI=1S/C21H16BrCl2N3O4/c22-14-6-7-19(31-12-16-17(23)4-1-5-18(16)24)13(9-14)10-26-27-21(29)20(28)25-11-15-3-2-8-30-15/h1-10H,11-12H2,(H,25,28)(H,27,29)/b26-10-. The van der Waals surface area contributed by atoms with Gasteiger partial charge in [-0.15, -0.1) is 0 Å². The van der Waals surface area contributed by atoms with Gasteiger partial charge in [0.15, 0.2) is 0 Å². The minimum Gasteiger partial charge on any atom is -0.488 e. The van der Waals surface area contributed by atoms with Gasteiger partial charge in [0.2, 0.25) is 0 Å². The van der Waals surface area contributed by atoms with Crippen LogP contribution in [0.1, 0.15) is 16.9 Å². The van der Waals surface area contributed by atoms with Gasteiger partial charge in [0.05, 0.1) is 19.0 Å². The number of nitrogens with one attached hydrogen (secondary N) is 2. The zero-order valence-corrected chi connectivity index (χ0v) is 19.0. The van der Waals surface area contributed by atoms with Gasteiger partial charge in [-0.25, -0.2) is 5.43 Å².